The van der Waals surface area contributed by atoms with Crippen molar-refractivity contribution in [1.82, 2.24) is 0 Å². The Bertz CT molecular complexity index is 1280. The van der Waals surface area contributed by atoms with Gasteiger partial charge in [-0.15, -0.1) is 6.58 Å². The van der Waals surface area contributed by atoms with Crippen LogP contribution in [0.3, 0.4) is 0 Å². The minimum atomic E-state index is -2.45. The highest BCUT2D eigenvalue weighted by atomic mass is 35.6. The maximum Gasteiger partial charge on any atom is 0.303 e. The van der Waals surface area contributed by atoms with E-state index in [1.54, 1.807) is 0 Å². The molecule has 0 amide bonds. The van der Waals surface area contributed by atoms with E-state index in [2.05, 4.69) is 6.58 Å². The van der Waals surface area contributed by atoms with Crippen molar-refractivity contribution in [3.63, 3.8) is 0 Å². The maximum atomic E-state index is 12.4. The van der Waals surface area contributed by atoms with E-state index in [1.807, 2.05) is 0 Å². The second-order valence-corrected chi connectivity index (χ2v) is 12.9. The Morgan fingerprint density at radius 1 is 0.620 bits per heavy atom. The molecular weight excluding hydrogens is 741 g/mol. The van der Waals surface area contributed by atoms with Crippen molar-refractivity contribution < 1.29 is 80.9 Å². The molecule has 0 unspecified atom stereocenters. The van der Waals surface area contributed by atoms with Crippen LogP contribution in [-0.4, -0.2) is 127 Å². The van der Waals surface area contributed by atoms with Gasteiger partial charge in [-0.2, -0.15) is 0 Å². The van der Waals surface area contributed by atoms with E-state index in [9.17, 15) is 28.8 Å². The lowest BCUT2D eigenvalue weighted by Gasteiger charge is -2.49. The lowest BCUT2D eigenvalue weighted by molar-refractivity contribution is -0.358. The van der Waals surface area contributed by atoms with Gasteiger partial charge < -0.3 is 52.1 Å². The average molecular weight is 779 g/mol. The fourth-order valence-electron chi connectivity index (χ4n) is 4.79. The van der Waals surface area contributed by atoms with E-state index in [1.165, 1.54) is 6.08 Å². The molecule has 0 aromatic rings. The summed E-state index contributed by atoms with van der Waals surface area (Å²) >= 11 is 17.4. The van der Waals surface area contributed by atoms with E-state index in [4.69, 9.17) is 92.3 Å². The van der Waals surface area contributed by atoms with Crippen molar-refractivity contribution in [2.75, 3.05) is 19.8 Å². The van der Waals surface area contributed by atoms with Gasteiger partial charge in [0, 0.05) is 41.5 Å². The third kappa shape index (κ3) is 13.1. The first-order valence-corrected chi connectivity index (χ1v) is 15.8. The molecule has 0 aromatic carbocycles. The van der Waals surface area contributed by atoms with Crippen LogP contribution in [0.1, 0.15) is 41.5 Å². The van der Waals surface area contributed by atoms with Gasteiger partial charge in [0.05, 0.1) is 6.61 Å². The third-order valence-electron chi connectivity index (χ3n) is 6.48. The number of carbonyl (C=O) groups is 6. The molecule has 2 saturated heterocycles. The minimum Gasteiger partial charge on any atom is -0.463 e. The number of halogens is 3. The summed E-state index contributed by atoms with van der Waals surface area (Å²) < 4.78 is 59.3. The zero-order chi connectivity index (χ0) is 37.9. The van der Waals surface area contributed by atoms with Crippen LogP contribution in [-0.2, 0) is 80.9 Å². The van der Waals surface area contributed by atoms with Gasteiger partial charge in [-0.3, -0.25) is 34.2 Å². The van der Waals surface area contributed by atoms with Crippen LogP contribution in [0.2, 0.25) is 0 Å². The average Bonchev–Trinajstić information content (AvgIpc) is 2.97. The highest BCUT2D eigenvalue weighted by Gasteiger charge is 2.58. The first kappa shape index (κ1) is 42.9. The van der Waals surface area contributed by atoms with Gasteiger partial charge >= 0.3 is 35.8 Å². The second kappa shape index (κ2) is 19.4. The summed E-state index contributed by atoms with van der Waals surface area (Å²) in [6, 6.07) is 0. The molecule has 2 heterocycles. The Hall–Kier alpha value is -3.26. The van der Waals surface area contributed by atoms with Crippen molar-refractivity contribution in [2.24, 2.45) is 0 Å². The Labute approximate surface area is 301 Å². The zero-order valence-electron chi connectivity index (χ0n) is 27.8. The summed E-state index contributed by atoms with van der Waals surface area (Å²) in [6.45, 7) is 8.60. The van der Waals surface area contributed by atoms with Gasteiger partial charge in [0.25, 0.3) is 3.79 Å². The Morgan fingerprint density at radius 2 is 1.02 bits per heavy atom. The summed E-state index contributed by atoms with van der Waals surface area (Å²) in [5, 5.41) is 8.11. The summed E-state index contributed by atoms with van der Waals surface area (Å²) in [6.07, 6.45) is -14.7. The van der Waals surface area contributed by atoms with Crippen LogP contribution in [0.15, 0.2) is 12.7 Å². The van der Waals surface area contributed by atoms with Gasteiger partial charge in [0.1, 0.15) is 37.6 Å². The molecule has 10 atom stereocenters. The Balaban J connectivity index is 2.79. The molecule has 0 aromatic heterocycles. The van der Waals surface area contributed by atoms with E-state index in [0.717, 1.165) is 41.5 Å². The number of alkyl halides is 3. The molecule has 0 bridgehead atoms. The molecule has 18 nitrogen and oxygen atoms in total. The molecule has 2 aliphatic heterocycles. The normalized spacial score (nSPS) is 29.4. The second-order valence-electron chi connectivity index (χ2n) is 10.6. The largest absolute Gasteiger partial charge is 0.463 e. The number of hydrogen-bond acceptors (Lipinski definition) is 18. The number of rotatable bonds is 14. The summed E-state index contributed by atoms with van der Waals surface area (Å²) in [5.74, 6) is -6.09. The number of esters is 6. The monoisotopic (exact) mass is 777 g/mol. The predicted molar refractivity (Wildman–Crippen MR) is 167 cm³/mol. The van der Waals surface area contributed by atoms with Crippen molar-refractivity contribution in [3.05, 3.63) is 12.7 Å². The summed E-state index contributed by atoms with van der Waals surface area (Å²) in [4.78, 5) is 72.9. The first-order valence-electron chi connectivity index (χ1n) is 14.7. The number of carbonyl (C=O) groups excluding carboxylic acids is 6. The van der Waals surface area contributed by atoms with Crippen LogP contribution in [0.5, 0.6) is 0 Å². The van der Waals surface area contributed by atoms with Crippen LogP contribution in [0, 0.1) is 5.41 Å². The SMILES string of the molecule is C=CCO[C@@H]1[C@@H](OC(C)=O)[C@H](O[C@@H]2[C@@H](OC(C)=O)[C@@H](OC(=N)C(Cl)(Cl)Cl)O[C@H](COC(C)=O)[C@H]2OC(C)=O)O[C@H](COC(C)=O)[C@H]1OC(C)=O. The molecule has 0 spiro atoms. The third-order valence-corrected chi connectivity index (χ3v) is 7.00. The van der Waals surface area contributed by atoms with Gasteiger partial charge in [0.2, 0.25) is 12.2 Å². The maximum absolute atomic E-state index is 12.4. The van der Waals surface area contributed by atoms with Crippen LogP contribution in [0.25, 0.3) is 0 Å². The van der Waals surface area contributed by atoms with E-state index >= 15 is 0 Å². The van der Waals surface area contributed by atoms with Crippen molar-refractivity contribution >= 4 is 76.5 Å². The number of hydrogen-bond donors (Lipinski definition) is 1. The zero-order valence-corrected chi connectivity index (χ0v) is 30.0. The minimum absolute atomic E-state index is 0.184. The van der Waals surface area contributed by atoms with Gasteiger partial charge in [-0.25, -0.2) is 0 Å². The molecular formula is C29H38Cl3NO17. The Kier molecular flexibility index (Phi) is 16.6. The first-order chi connectivity index (χ1) is 23.2. The topological polar surface area (TPSA) is 228 Å². The fourth-order valence-corrected chi connectivity index (χ4v) is 4.93. The van der Waals surface area contributed by atoms with E-state index < -0.39 is 120 Å². The quantitative estimate of drug-likeness (QED) is 0.0660. The molecule has 1 N–H and O–H groups in total. The molecule has 0 saturated carbocycles. The predicted octanol–water partition coefficient (Wildman–Crippen LogP) is 1.61. The van der Waals surface area contributed by atoms with Crippen molar-refractivity contribution in [1.29, 1.82) is 5.41 Å². The molecule has 0 aliphatic carbocycles. The highest BCUT2D eigenvalue weighted by molar-refractivity contribution is 6.76. The summed E-state index contributed by atoms with van der Waals surface area (Å²) in [5.41, 5.74) is 0. The molecule has 0 radical (unpaired) electrons. The smallest absolute Gasteiger partial charge is 0.303 e. The standard InChI is InChI=1S/C29H38Cl3NO17/c1-8-9-40-22-20(43-14(4)36)18(10-41-12(2)34)47-26(24(22)45-16(6)38)49-23-21(44-15(5)37)19(11-42-13(3)35)48-27(25(23)46-17(7)39)50-28(33)29(30,31)32/h8,18-27,33H,1,9-11H2,2-7H3/t18-,19-,20-,21-,22+,23+,24-,25-,26+,27-/m1/s1. The van der Waals surface area contributed by atoms with Gasteiger partial charge in [0.15, 0.2) is 30.7 Å². The molecule has 2 rings (SSSR count). The molecule has 2 fully saturated rings. The lowest BCUT2D eigenvalue weighted by Crippen LogP contribution is -2.67. The van der Waals surface area contributed by atoms with E-state index in [0.29, 0.717) is 0 Å². The van der Waals surface area contributed by atoms with Crippen LogP contribution in [0.4, 0.5) is 0 Å². The fraction of sp³-hybridized carbons (Fsp3) is 0.690. The molecule has 21 heteroatoms. The Morgan fingerprint density at radius 3 is 1.42 bits per heavy atom. The van der Waals surface area contributed by atoms with Crippen LogP contribution < -0.4 is 0 Å². The van der Waals surface area contributed by atoms with Gasteiger partial charge in [-0.05, 0) is 0 Å². The van der Waals surface area contributed by atoms with Crippen molar-refractivity contribution in [3.8, 4) is 0 Å². The molecule has 50 heavy (non-hydrogen) atoms. The van der Waals surface area contributed by atoms with E-state index in [-0.39, 0.29) is 6.61 Å². The number of ether oxygens (including phenoxy) is 11. The molecule has 282 valence electrons. The number of nitrogens with one attached hydrogen (secondary N) is 1. The van der Waals surface area contributed by atoms with Crippen LogP contribution >= 0.6 is 34.8 Å². The lowest BCUT2D eigenvalue weighted by atomic mass is 9.96. The summed E-state index contributed by atoms with van der Waals surface area (Å²) in [7, 11) is 0. The van der Waals surface area contributed by atoms with Gasteiger partial charge in [-0.1, -0.05) is 40.9 Å². The highest BCUT2D eigenvalue weighted by Crippen LogP contribution is 2.37. The molecule has 2 aliphatic rings. The van der Waals surface area contributed by atoms with Crippen molar-refractivity contribution in [2.45, 2.75) is 107 Å².